The van der Waals surface area contributed by atoms with Gasteiger partial charge in [0.1, 0.15) is 5.82 Å². The molecule has 3 rings (SSSR count). The number of hydrogen-bond acceptors (Lipinski definition) is 4. The van der Waals surface area contributed by atoms with Crippen LogP contribution in [0.5, 0.6) is 0 Å². The summed E-state index contributed by atoms with van der Waals surface area (Å²) >= 11 is 0. The van der Waals surface area contributed by atoms with Crippen molar-refractivity contribution < 1.29 is 22.4 Å². The number of sulfonamides is 1. The molecule has 0 spiro atoms. The van der Waals surface area contributed by atoms with Crippen molar-refractivity contribution in [2.24, 2.45) is 5.14 Å². The van der Waals surface area contributed by atoms with Crippen molar-refractivity contribution in [3.63, 3.8) is 0 Å². The summed E-state index contributed by atoms with van der Waals surface area (Å²) in [5.41, 5.74) is 2.18. The van der Waals surface area contributed by atoms with E-state index in [0.717, 1.165) is 5.56 Å². The Kier molecular flexibility index (Phi) is 5.24. The molecule has 0 aromatic heterocycles. The Morgan fingerprint density at radius 1 is 1.19 bits per heavy atom. The van der Waals surface area contributed by atoms with Gasteiger partial charge in [-0.3, -0.25) is 9.59 Å². The maximum atomic E-state index is 13.4. The van der Waals surface area contributed by atoms with Crippen LogP contribution in [-0.2, 0) is 31.9 Å². The molecule has 1 aliphatic heterocycles. The Morgan fingerprint density at radius 2 is 1.85 bits per heavy atom. The van der Waals surface area contributed by atoms with Crippen molar-refractivity contribution in [3.8, 4) is 0 Å². The third-order valence-corrected chi connectivity index (χ3v) is 4.96. The molecule has 1 aliphatic rings. The third kappa shape index (κ3) is 4.89. The van der Waals surface area contributed by atoms with Crippen LogP contribution in [0.2, 0.25) is 0 Å². The van der Waals surface area contributed by atoms with Crippen LogP contribution >= 0.6 is 0 Å². The highest BCUT2D eigenvalue weighted by molar-refractivity contribution is 7.88. The van der Waals surface area contributed by atoms with Crippen LogP contribution in [0.3, 0.4) is 0 Å². The van der Waals surface area contributed by atoms with E-state index in [1.54, 1.807) is 24.3 Å². The molecule has 0 radical (unpaired) electrons. The zero-order valence-corrected chi connectivity index (χ0v) is 15.1. The first kappa shape index (κ1) is 19.0. The Morgan fingerprint density at radius 3 is 2.52 bits per heavy atom. The van der Waals surface area contributed by atoms with Crippen molar-refractivity contribution >= 4 is 27.5 Å². The second-order valence-electron chi connectivity index (χ2n) is 6.38. The van der Waals surface area contributed by atoms with Crippen LogP contribution in [0.25, 0.3) is 0 Å². The minimum Gasteiger partial charge on any atom is -0.351 e. The van der Waals surface area contributed by atoms with Crippen molar-refractivity contribution in [3.05, 3.63) is 65.0 Å². The van der Waals surface area contributed by atoms with Crippen molar-refractivity contribution in [2.45, 2.75) is 24.6 Å². The predicted octanol–water partition coefficient (Wildman–Crippen LogP) is 1.36. The Bertz CT molecular complexity index is 990. The number of primary sulfonamides is 1. The Labute approximate surface area is 155 Å². The topological polar surface area (TPSA) is 118 Å². The number of halogens is 1. The second kappa shape index (κ2) is 7.45. The van der Waals surface area contributed by atoms with E-state index in [1.165, 1.54) is 18.2 Å². The lowest BCUT2D eigenvalue weighted by molar-refractivity contribution is -0.126. The number of nitrogens with one attached hydrogen (secondary N) is 2. The highest BCUT2D eigenvalue weighted by Crippen LogP contribution is 2.32. The zero-order valence-electron chi connectivity index (χ0n) is 14.2. The lowest BCUT2D eigenvalue weighted by Gasteiger charge is -2.25. The normalized spacial score (nSPS) is 16.4. The third-order valence-electron chi connectivity index (χ3n) is 4.23. The summed E-state index contributed by atoms with van der Waals surface area (Å²) in [6.07, 6.45) is -0.0161. The van der Waals surface area contributed by atoms with Gasteiger partial charge in [-0.05, 0) is 28.8 Å². The lowest BCUT2D eigenvalue weighted by atomic mass is 9.89. The molecule has 2 aromatic carbocycles. The van der Waals surface area contributed by atoms with Gasteiger partial charge in [0.05, 0.1) is 11.7 Å². The van der Waals surface area contributed by atoms with E-state index in [4.69, 9.17) is 5.14 Å². The number of benzene rings is 2. The summed E-state index contributed by atoms with van der Waals surface area (Å²) in [5.74, 6) is -2.14. The van der Waals surface area contributed by atoms with Crippen LogP contribution in [0, 0.1) is 5.82 Å². The van der Waals surface area contributed by atoms with E-state index >= 15 is 0 Å². The smallest absolute Gasteiger partial charge is 0.228 e. The summed E-state index contributed by atoms with van der Waals surface area (Å²) in [7, 11) is -3.60. The van der Waals surface area contributed by atoms with Gasteiger partial charge in [0.25, 0.3) is 0 Å². The number of anilines is 1. The van der Waals surface area contributed by atoms with Crippen molar-refractivity contribution in [1.29, 1.82) is 0 Å². The van der Waals surface area contributed by atoms with Crippen molar-refractivity contribution in [2.75, 3.05) is 5.32 Å². The van der Waals surface area contributed by atoms with Gasteiger partial charge in [0.2, 0.25) is 21.8 Å². The predicted molar refractivity (Wildman–Crippen MR) is 97.5 cm³/mol. The molecule has 7 nitrogen and oxygen atoms in total. The monoisotopic (exact) mass is 391 g/mol. The first-order valence-corrected chi connectivity index (χ1v) is 9.88. The van der Waals surface area contributed by atoms with Gasteiger partial charge < -0.3 is 10.6 Å². The van der Waals surface area contributed by atoms with E-state index in [2.05, 4.69) is 10.6 Å². The van der Waals surface area contributed by atoms with E-state index in [9.17, 15) is 22.4 Å². The molecular weight excluding hydrogens is 373 g/mol. The molecule has 0 saturated carbocycles. The van der Waals surface area contributed by atoms with Crippen LogP contribution < -0.4 is 15.8 Å². The molecule has 0 aliphatic carbocycles. The van der Waals surface area contributed by atoms with Gasteiger partial charge in [-0.1, -0.05) is 30.3 Å². The van der Waals surface area contributed by atoms with Crippen LogP contribution in [0.1, 0.15) is 29.0 Å². The molecule has 9 heteroatoms. The first-order valence-electron chi connectivity index (χ1n) is 8.16. The second-order valence-corrected chi connectivity index (χ2v) is 7.99. The molecular formula is C18H18FN3O4S. The maximum Gasteiger partial charge on any atom is 0.228 e. The number of nitrogens with two attached hydrogens (primary N) is 1. The van der Waals surface area contributed by atoms with E-state index in [-0.39, 0.29) is 30.5 Å². The van der Waals surface area contributed by atoms with Crippen LogP contribution in [0.15, 0.2) is 42.5 Å². The molecule has 0 saturated heterocycles. The SMILES string of the molecule is NS(=O)(=O)Cc1ccc(CNC(=O)[C@H]2CC(=O)Nc3cc(F)ccc32)cc1. The van der Waals surface area contributed by atoms with Crippen LogP contribution in [0.4, 0.5) is 10.1 Å². The number of amides is 2. The Balaban J connectivity index is 1.67. The fourth-order valence-corrected chi connectivity index (χ4v) is 3.63. The highest BCUT2D eigenvalue weighted by Gasteiger charge is 2.30. The minimum atomic E-state index is -3.60. The summed E-state index contributed by atoms with van der Waals surface area (Å²) in [6.45, 7) is 0.211. The molecule has 2 amide bonds. The average molecular weight is 391 g/mol. The maximum absolute atomic E-state index is 13.4. The largest absolute Gasteiger partial charge is 0.351 e. The molecule has 27 heavy (non-hydrogen) atoms. The molecule has 142 valence electrons. The van der Waals surface area contributed by atoms with Gasteiger partial charge in [-0.15, -0.1) is 0 Å². The molecule has 0 bridgehead atoms. The molecule has 1 heterocycles. The van der Waals surface area contributed by atoms with E-state index in [0.29, 0.717) is 16.8 Å². The first-order chi connectivity index (χ1) is 12.7. The number of rotatable bonds is 5. The van der Waals surface area contributed by atoms with Gasteiger partial charge in [-0.25, -0.2) is 17.9 Å². The molecule has 2 aromatic rings. The highest BCUT2D eigenvalue weighted by atomic mass is 32.2. The van der Waals surface area contributed by atoms with E-state index in [1.807, 2.05) is 0 Å². The fourth-order valence-electron chi connectivity index (χ4n) is 2.97. The molecule has 4 N–H and O–H groups in total. The zero-order chi connectivity index (χ0) is 19.6. The number of fused-ring (bicyclic) bond motifs is 1. The quantitative estimate of drug-likeness (QED) is 0.713. The van der Waals surface area contributed by atoms with Gasteiger partial charge in [0, 0.05) is 18.7 Å². The number of hydrogen-bond donors (Lipinski definition) is 3. The standard InChI is InChI=1S/C18H18FN3O4S/c19-13-5-6-14-15(8-17(23)22-16(14)7-13)18(24)21-9-11-1-3-12(4-2-11)10-27(20,25)26/h1-7,15H,8-10H2,(H,21,24)(H,22,23)(H2,20,25,26)/t15-/m0/s1. The lowest BCUT2D eigenvalue weighted by Crippen LogP contribution is -2.34. The van der Waals surface area contributed by atoms with Gasteiger partial charge in [-0.2, -0.15) is 0 Å². The molecule has 1 atom stereocenters. The minimum absolute atomic E-state index is 0.0161. The summed E-state index contributed by atoms with van der Waals surface area (Å²) in [4.78, 5) is 24.3. The van der Waals surface area contributed by atoms with Crippen molar-refractivity contribution in [1.82, 2.24) is 5.32 Å². The molecule has 0 unspecified atom stereocenters. The number of carbonyl (C=O) groups is 2. The summed E-state index contributed by atoms with van der Waals surface area (Å²) in [6, 6.07) is 10.6. The Hall–Kier alpha value is -2.78. The van der Waals surface area contributed by atoms with Crippen LogP contribution in [-0.4, -0.2) is 20.2 Å². The van der Waals surface area contributed by atoms with Gasteiger partial charge in [0.15, 0.2) is 0 Å². The fraction of sp³-hybridized carbons (Fsp3) is 0.222. The van der Waals surface area contributed by atoms with E-state index < -0.39 is 21.8 Å². The summed E-state index contributed by atoms with van der Waals surface area (Å²) in [5, 5.41) is 10.3. The average Bonchev–Trinajstić information content (AvgIpc) is 2.58. The number of carbonyl (C=O) groups excluding carboxylic acids is 2. The summed E-state index contributed by atoms with van der Waals surface area (Å²) < 4.78 is 35.5. The molecule has 0 fully saturated rings. The van der Waals surface area contributed by atoms with Gasteiger partial charge >= 0.3 is 0 Å².